The highest BCUT2D eigenvalue weighted by Crippen LogP contribution is 2.35. The molecule has 0 aliphatic carbocycles. The van der Waals surface area contributed by atoms with Crippen LogP contribution >= 0.6 is 0 Å². The molecule has 2 saturated heterocycles. The predicted octanol–water partition coefficient (Wildman–Crippen LogP) is 0.944. The molecule has 4 nitrogen and oxygen atoms in total. The van der Waals surface area contributed by atoms with E-state index in [1.807, 2.05) is 5.32 Å². The Morgan fingerprint density at radius 2 is 2.18 bits per heavy atom. The second-order valence-corrected chi connectivity index (χ2v) is 4.87. The Morgan fingerprint density at radius 1 is 1.41 bits per heavy atom. The zero-order chi connectivity index (χ0) is 12.5. The molecule has 0 saturated carbocycles. The number of rotatable bonds is 1. The number of amides is 2. The van der Waals surface area contributed by atoms with Gasteiger partial charge < -0.3 is 15.5 Å². The van der Waals surface area contributed by atoms with Crippen LogP contribution in [-0.4, -0.2) is 49.8 Å². The Labute approximate surface area is 97.5 Å². The van der Waals surface area contributed by atoms with E-state index in [1.54, 1.807) is 0 Å². The third-order valence-corrected chi connectivity index (χ3v) is 3.50. The van der Waals surface area contributed by atoms with Gasteiger partial charge in [0.1, 0.15) is 6.54 Å². The molecule has 0 bridgehead atoms. The lowest BCUT2D eigenvalue weighted by atomic mass is 9.87. The number of carbonyl (C=O) groups excluding carboxylic acids is 1. The maximum absolute atomic E-state index is 12.0. The van der Waals surface area contributed by atoms with Crippen LogP contribution < -0.4 is 10.6 Å². The first-order chi connectivity index (χ1) is 7.90. The molecule has 2 fully saturated rings. The van der Waals surface area contributed by atoms with Gasteiger partial charge in [-0.25, -0.2) is 4.79 Å². The lowest BCUT2D eigenvalue weighted by molar-refractivity contribution is -0.123. The molecule has 2 rings (SSSR count). The van der Waals surface area contributed by atoms with Crippen LogP contribution in [0.4, 0.5) is 18.0 Å². The van der Waals surface area contributed by atoms with Crippen molar-refractivity contribution >= 4 is 6.03 Å². The number of urea groups is 1. The first kappa shape index (κ1) is 12.5. The number of likely N-dealkylation sites (tertiary alicyclic amines) is 1. The van der Waals surface area contributed by atoms with Crippen molar-refractivity contribution < 1.29 is 18.0 Å². The molecule has 98 valence electrons. The highest BCUT2D eigenvalue weighted by atomic mass is 19.4. The van der Waals surface area contributed by atoms with Gasteiger partial charge in [-0.15, -0.1) is 0 Å². The number of nitrogens with one attached hydrogen (secondary N) is 2. The van der Waals surface area contributed by atoms with Crippen LogP contribution in [0.5, 0.6) is 0 Å². The summed E-state index contributed by atoms with van der Waals surface area (Å²) in [4.78, 5) is 13.0. The second kappa shape index (κ2) is 4.36. The van der Waals surface area contributed by atoms with E-state index in [9.17, 15) is 18.0 Å². The van der Waals surface area contributed by atoms with Crippen molar-refractivity contribution in [3.63, 3.8) is 0 Å². The first-order valence-electron chi connectivity index (χ1n) is 5.71. The minimum Gasteiger partial charge on any atom is -0.329 e. The summed E-state index contributed by atoms with van der Waals surface area (Å²) in [5.41, 5.74) is 0.0928. The summed E-state index contributed by atoms with van der Waals surface area (Å²) >= 11 is 0. The minimum absolute atomic E-state index is 0.0928. The molecule has 0 aromatic heterocycles. The maximum Gasteiger partial charge on any atom is 0.405 e. The monoisotopic (exact) mass is 251 g/mol. The number of hydrogen-bond acceptors (Lipinski definition) is 2. The van der Waals surface area contributed by atoms with E-state index in [0.717, 1.165) is 25.9 Å². The fourth-order valence-corrected chi connectivity index (χ4v) is 2.54. The molecule has 2 amide bonds. The van der Waals surface area contributed by atoms with Gasteiger partial charge in [0.25, 0.3) is 0 Å². The van der Waals surface area contributed by atoms with Gasteiger partial charge in [-0.2, -0.15) is 13.2 Å². The van der Waals surface area contributed by atoms with Crippen molar-refractivity contribution in [3.8, 4) is 0 Å². The number of hydrogen-bond donors (Lipinski definition) is 2. The lowest BCUT2D eigenvalue weighted by Crippen LogP contribution is -2.43. The van der Waals surface area contributed by atoms with E-state index in [1.165, 1.54) is 4.90 Å². The van der Waals surface area contributed by atoms with Gasteiger partial charge in [0, 0.05) is 25.0 Å². The average molecular weight is 251 g/mol. The van der Waals surface area contributed by atoms with Crippen molar-refractivity contribution in [2.24, 2.45) is 5.41 Å². The van der Waals surface area contributed by atoms with Crippen molar-refractivity contribution in [2.45, 2.75) is 19.0 Å². The molecular weight excluding hydrogens is 235 g/mol. The van der Waals surface area contributed by atoms with Crippen LogP contribution in [0.3, 0.4) is 0 Å². The van der Waals surface area contributed by atoms with Gasteiger partial charge >= 0.3 is 12.2 Å². The van der Waals surface area contributed by atoms with Gasteiger partial charge in [-0.05, 0) is 19.4 Å². The summed E-state index contributed by atoms with van der Waals surface area (Å²) in [5.74, 6) is 0. The van der Waals surface area contributed by atoms with Crippen molar-refractivity contribution in [2.75, 3.05) is 32.7 Å². The number of alkyl halides is 3. The average Bonchev–Trinajstić information content (AvgIpc) is 2.85. The highest BCUT2D eigenvalue weighted by Gasteiger charge is 2.42. The van der Waals surface area contributed by atoms with Gasteiger partial charge in [0.05, 0.1) is 0 Å². The Kier molecular flexibility index (Phi) is 3.20. The maximum atomic E-state index is 12.0. The zero-order valence-corrected chi connectivity index (χ0v) is 9.44. The lowest BCUT2D eigenvalue weighted by Gasteiger charge is -2.23. The fourth-order valence-electron chi connectivity index (χ4n) is 2.54. The zero-order valence-electron chi connectivity index (χ0n) is 9.44. The SMILES string of the molecule is O=C(NCC(F)(F)F)N1CCC2(CCNC2)C1. The predicted molar refractivity (Wildman–Crippen MR) is 55.6 cm³/mol. The molecule has 2 aliphatic rings. The quantitative estimate of drug-likeness (QED) is 0.728. The minimum atomic E-state index is -4.35. The van der Waals surface area contributed by atoms with Crippen LogP contribution in [0.15, 0.2) is 0 Å². The fraction of sp³-hybridized carbons (Fsp3) is 0.900. The molecule has 7 heteroatoms. The van der Waals surface area contributed by atoms with Crippen molar-refractivity contribution in [1.29, 1.82) is 0 Å². The summed E-state index contributed by atoms with van der Waals surface area (Å²) < 4.78 is 35.9. The molecular formula is C10H16F3N3O. The van der Waals surface area contributed by atoms with E-state index in [-0.39, 0.29) is 5.41 Å². The molecule has 2 aliphatic heterocycles. The van der Waals surface area contributed by atoms with Crippen LogP contribution in [0.25, 0.3) is 0 Å². The smallest absolute Gasteiger partial charge is 0.329 e. The second-order valence-electron chi connectivity index (χ2n) is 4.87. The summed E-state index contributed by atoms with van der Waals surface area (Å²) in [7, 11) is 0. The Morgan fingerprint density at radius 3 is 2.76 bits per heavy atom. The topological polar surface area (TPSA) is 44.4 Å². The number of halogens is 3. The largest absolute Gasteiger partial charge is 0.405 e. The van der Waals surface area contributed by atoms with E-state index in [2.05, 4.69) is 5.32 Å². The van der Waals surface area contributed by atoms with Gasteiger partial charge in [0.2, 0.25) is 0 Å². The van der Waals surface area contributed by atoms with Crippen LogP contribution in [-0.2, 0) is 0 Å². The number of carbonyl (C=O) groups is 1. The summed E-state index contributed by atoms with van der Waals surface area (Å²) in [5, 5.41) is 5.14. The highest BCUT2D eigenvalue weighted by molar-refractivity contribution is 5.74. The molecule has 2 heterocycles. The normalized spacial score (nSPS) is 29.0. The molecule has 1 spiro atoms. The Bertz CT molecular complexity index is 300. The van der Waals surface area contributed by atoms with Gasteiger partial charge in [-0.3, -0.25) is 0 Å². The molecule has 2 N–H and O–H groups in total. The number of nitrogens with zero attached hydrogens (tertiary/aromatic N) is 1. The molecule has 0 aromatic rings. The van der Waals surface area contributed by atoms with Gasteiger partial charge in [0.15, 0.2) is 0 Å². The van der Waals surface area contributed by atoms with E-state index < -0.39 is 18.8 Å². The van der Waals surface area contributed by atoms with E-state index in [4.69, 9.17) is 0 Å². The molecule has 1 unspecified atom stereocenters. The Hall–Kier alpha value is -0.980. The third-order valence-electron chi connectivity index (χ3n) is 3.50. The molecule has 1 atom stereocenters. The van der Waals surface area contributed by atoms with Gasteiger partial charge in [-0.1, -0.05) is 0 Å². The summed E-state index contributed by atoms with van der Waals surface area (Å²) in [6, 6.07) is -0.605. The summed E-state index contributed by atoms with van der Waals surface area (Å²) in [6.45, 7) is 1.64. The molecule has 17 heavy (non-hydrogen) atoms. The molecule has 0 radical (unpaired) electrons. The summed E-state index contributed by atoms with van der Waals surface area (Å²) in [6.07, 6.45) is -2.47. The van der Waals surface area contributed by atoms with Crippen LogP contribution in [0, 0.1) is 5.41 Å². The van der Waals surface area contributed by atoms with Crippen molar-refractivity contribution in [1.82, 2.24) is 15.5 Å². The Balaban J connectivity index is 1.82. The standard InChI is InChI=1S/C10H16F3N3O/c11-10(12,13)6-15-8(17)16-4-2-9(7-16)1-3-14-5-9/h14H,1-7H2,(H,15,17). The third kappa shape index (κ3) is 3.02. The van der Waals surface area contributed by atoms with Crippen LogP contribution in [0.2, 0.25) is 0 Å². The first-order valence-corrected chi connectivity index (χ1v) is 5.71. The van der Waals surface area contributed by atoms with Crippen molar-refractivity contribution in [3.05, 3.63) is 0 Å². The van der Waals surface area contributed by atoms with E-state index in [0.29, 0.717) is 13.1 Å². The molecule has 0 aromatic carbocycles. The van der Waals surface area contributed by atoms with E-state index >= 15 is 0 Å². The van der Waals surface area contributed by atoms with Crippen LogP contribution in [0.1, 0.15) is 12.8 Å².